The van der Waals surface area contributed by atoms with Crippen LogP contribution < -0.4 is 4.90 Å². The fourth-order valence-electron chi connectivity index (χ4n) is 4.61. The number of anilines is 1. The third-order valence-corrected chi connectivity index (χ3v) is 6.47. The van der Waals surface area contributed by atoms with Gasteiger partial charge in [-0.25, -0.2) is 9.97 Å². The molecule has 0 bridgehead atoms. The van der Waals surface area contributed by atoms with Gasteiger partial charge in [0.25, 0.3) is 0 Å². The molecule has 0 N–H and O–H groups in total. The topological polar surface area (TPSA) is 48.0 Å². The Labute approximate surface area is 169 Å². The summed E-state index contributed by atoms with van der Waals surface area (Å²) >= 11 is 0. The van der Waals surface area contributed by atoms with Gasteiger partial charge in [0.2, 0.25) is 5.95 Å². The van der Waals surface area contributed by atoms with Crippen LogP contribution in [0.15, 0.2) is 12.4 Å². The zero-order valence-corrected chi connectivity index (χ0v) is 17.6. The lowest BCUT2D eigenvalue weighted by Gasteiger charge is -2.40. The average Bonchev–Trinajstić information content (AvgIpc) is 2.72. The molecule has 1 aromatic heterocycles. The second-order valence-electron chi connectivity index (χ2n) is 8.85. The quantitative estimate of drug-likeness (QED) is 0.744. The Bertz CT molecular complexity index is 595. The van der Waals surface area contributed by atoms with Crippen molar-refractivity contribution in [1.82, 2.24) is 24.7 Å². The van der Waals surface area contributed by atoms with E-state index in [1.165, 1.54) is 45.6 Å². The van der Waals surface area contributed by atoms with Crippen LogP contribution in [-0.2, 0) is 4.74 Å². The van der Waals surface area contributed by atoms with E-state index in [0.717, 1.165) is 56.8 Å². The summed E-state index contributed by atoms with van der Waals surface area (Å²) in [5.74, 6) is 1.73. The van der Waals surface area contributed by atoms with Crippen molar-refractivity contribution in [3.05, 3.63) is 18.0 Å². The van der Waals surface area contributed by atoms with Crippen molar-refractivity contribution in [1.29, 1.82) is 0 Å². The summed E-state index contributed by atoms with van der Waals surface area (Å²) in [6, 6.07) is 0. The number of ether oxygens (including phenoxy) is 1. The predicted molar refractivity (Wildman–Crippen MR) is 112 cm³/mol. The molecule has 0 spiro atoms. The fourth-order valence-corrected chi connectivity index (χ4v) is 4.61. The Hall–Kier alpha value is -1.28. The van der Waals surface area contributed by atoms with Crippen molar-refractivity contribution in [3.63, 3.8) is 0 Å². The van der Waals surface area contributed by atoms with E-state index >= 15 is 0 Å². The summed E-state index contributed by atoms with van der Waals surface area (Å²) in [7, 11) is 2.24. The molecule has 0 radical (unpaired) electrons. The van der Waals surface area contributed by atoms with Gasteiger partial charge in [-0.3, -0.25) is 4.90 Å². The lowest BCUT2D eigenvalue weighted by molar-refractivity contribution is 0.00244. The van der Waals surface area contributed by atoms with Crippen molar-refractivity contribution in [2.45, 2.75) is 25.9 Å². The average molecular weight is 389 g/mol. The first-order valence-electron chi connectivity index (χ1n) is 10.9. The van der Waals surface area contributed by atoms with Gasteiger partial charge >= 0.3 is 0 Å². The van der Waals surface area contributed by atoms with E-state index in [1.807, 2.05) is 19.3 Å². The molecule has 28 heavy (non-hydrogen) atoms. The first-order chi connectivity index (χ1) is 13.7. The highest BCUT2D eigenvalue weighted by atomic mass is 16.5. The molecule has 156 valence electrons. The van der Waals surface area contributed by atoms with Gasteiger partial charge in [-0.05, 0) is 51.4 Å². The minimum atomic E-state index is 0.249. The maximum atomic E-state index is 6.06. The third kappa shape index (κ3) is 5.41. The number of piperazine rings is 1. The van der Waals surface area contributed by atoms with Gasteiger partial charge in [-0.1, -0.05) is 0 Å². The van der Waals surface area contributed by atoms with Crippen LogP contribution in [0.4, 0.5) is 5.95 Å². The van der Waals surface area contributed by atoms with Crippen LogP contribution in [0.1, 0.15) is 18.4 Å². The maximum Gasteiger partial charge on any atom is 0.225 e. The zero-order chi connectivity index (χ0) is 19.3. The van der Waals surface area contributed by atoms with E-state index in [4.69, 9.17) is 4.74 Å². The molecule has 4 rings (SSSR count). The van der Waals surface area contributed by atoms with Crippen molar-refractivity contribution in [3.8, 4) is 0 Å². The first-order valence-corrected chi connectivity index (χ1v) is 10.9. The summed E-state index contributed by atoms with van der Waals surface area (Å²) in [6.07, 6.45) is 6.78. The van der Waals surface area contributed by atoms with E-state index in [-0.39, 0.29) is 6.10 Å². The van der Waals surface area contributed by atoms with E-state index in [2.05, 4.69) is 36.6 Å². The van der Waals surface area contributed by atoms with Crippen LogP contribution in [0.5, 0.6) is 0 Å². The smallest absolute Gasteiger partial charge is 0.225 e. The predicted octanol–water partition coefficient (Wildman–Crippen LogP) is 0.950. The molecule has 7 heteroatoms. The molecule has 1 aromatic rings. The number of hydrogen-bond donors (Lipinski definition) is 0. The molecule has 0 amide bonds. The van der Waals surface area contributed by atoms with Gasteiger partial charge in [0.15, 0.2) is 0 Å². The maximum absolute atomic E-state index is 6.06. The molecule has 7 nitrogen and oxygen atoms in total. The largest absolute Gasteiger partial charge is 0.373 e. The Morgan fingerprint density at radius 3 is 2.25 bits per heavy atom. The van der Waals surface area contributed by atoms with E-state index in [9.17, 15) is 0 Å². The lowest BCUT2D eigenvalue weighted by Crippen LogP contribution is -2.53. The van der Waals surface area contributed by atoms with Gasteiger partial charge in [-0.15, -0.1) is 0 Å². The van der Waals surface area contributed by atoms with Gasteiger partial charge in [0.05, 0.1) is 12.7 Å². The molecule has 4 heterocycles. The first kappa shape index (κ1) is 20.0. The lowest BCUT2D eigenvalue weighted by atomic mass is 9.96. The highest BCUT2D eigenvalue weighted by molar-refractivity contribution is 5.30. The van der Waals surface area contributed by atoms with Crippen LogP contribution >= 0.6 is 0 Å². The van der Waals surface area contributed by atoms with Crippen LogP contribution in [0, 0.1) is 12.8 Å². The Morgan fingerprint density at radius 1 is 0.929 bits per heavy atom. The molecule has 3 fully saturated rings. The molecule has 3 aliphatic rings. The summed E-state index contributed by atoms with van der Waals surface area (Å²) < 4.78 is 6.06. The van der Waals surface area contributed by atoms with Crippen molar-refractivity contribution >= 4 is 5.95 Å². The number of piperidine rings is 1. The molecular formula is C21H36N6O. The standard InChI is InChI=1S/C21H36N6O/c1-18-13-22-21(23-14-18)27-11-12-28-20(17-27)16-26-9-7-25(8-10-26)15-19-3-5-24(2)6-4-19/h13-14,19-20H,3-12,15-17H2,1-2H3. The van der Waals surface area contributed by atoms with Gasteiger partial charge in [0.1, 0.15) is 0 Å². The summed E-state index contributed by atoms with van der Waals surface area (Å²) in [5, 5.41) is 0. The number of hydrogen-bond acceptors (Lipinski definition) is 7. The van der Waals surface area contributed by atoms with E-state index < -0.39 is 0 Å². The summed E-state index contributed by atoms with van der Waals surface area (Å²) in [6.45, 7) is 14.1. The normalized spacial score (nSPS) is 26.6. The highest BCUT2D eigenvalue weighted by Crippen LogP contribution is 2.19. The number of rotatable bonds is 5. The molecule has 0 aliphatic carbocycles. The van der Waals surface area contributed by atoms with E-state index in [0.29, 0.717) is 0 Å². The number of nitrogens with zero attached hydrogens (tertiary/aromatic N) is 6. The second-order valence-corrected chi connectivity index (χ2v) is 8.85. The SMILES string of the molecule is Cc1cnc(N2CCOC(CN3CCN(CC4CCN(C)CC4)CC3)C2)nc1. The minimum absolute atomic E-state index is 0.249. The van der Waals surface area contributed by atoms with Crippen molar-refractivity contribution < 1.29 is 4.74 Å². The zero-order valence-electron chi connectivity index (χ0n) is 17.6. The molecular weight excluding hydrogens is 352 g/mol. The Kier molecular flexibility index (Phi) is 6.77. The van der Waals surface area contributed by atoms with Gasteiger partial charge < -0.3 is 19.4 Å². The molecule has 0 aromatic carbocycles. The number of aryl methyl sites for hydroxylation is 1. The second kappa shape index (κ2) is 9.48. The van der Waals surface area contributed by atoms with E-state index in [1.54, 1.807) is 0 Å². The van der Waals surface area contributed by atoms with Gasteiger partial charge in [-0.2, -0.15) is 0 Å². The fraction of sp³-hybridized carbons (Fsp3) is 0.810. The molecule has 1 unspecified atom stereocenters. The van der Waals surface area contributed by atoms with Crippen LogP contribution in [0.3, 0.4) is 0 Å². The Balaban J connectivity index is 1.19. The number of morpholine rings is 1. The number of aromatic nitrogens is 2. The van der Waals surface area contributed by atoms with Crippen LogP contribution in [0.25, 0.3) is 0 Å². The molecule has 3 aliphatic heterocycles. The monoisotopic (exact) mass is 388 g/mol. The minimum Gasteiger partial charge on any atom is -0.373 e. The summed E-state index contributed by atoms with van der Waals surface area (Å²) in [4.78, 5) is 19.0. The highest BCUT2D eigenvalue weighted by Gasteiger charge is 2.27. The molecule has 0 saturated carbocycles. The molecule has 3 saturated heterocycles. The van der Waals surface area contributed by atoms with Crippen LogP contribution in [0.2, 0.25) is 0 Å². The third-order valence-electron chi connectivity index (χ3n) is 6.47. The number of likely N-dealkylation sites (tertiary alicyclic amines) is 1. The van der Waals surface area contributed by atoms with Crippen molar-refractivity contribution in [2.75, 3.05) is 84.0 Å². The molecule has 1 atom stereocenters. The van der Waals surface area contributed by atoms with Gasteiger partial charge in [0, 0.05) is 64.8 Å². The van der Waals surface area contributed by atoms with Crippen molar-refractivity contribution in [2.24, 2.45) is 5.92 Å². The van der Waals surface area contributed by atoms with Crippen LogP contribution in [-0.4, -0.2) is 110 Å². The summed E-state index contributed by atoms with van der Waals surface area (Å²) in [5.41, 5.74) is 1.10. The Morgan fingerprint density at radius 2 is 1.57 bits per heavy atom.